The van der Waals surface area contributed by atoms with Crippen LogP contribution in [0.5, 0.6) is 0 Å². The van der Waals surface area contributed by atoms with E-state index in [1.54, 1.807) is 24.3 Å². The molecule has 0 spiro atoms. The molecule has 0 atom stereocenters. The first-order valence-electron chi connectivity index (χ1n) is 5.53. The molecule has 92 valence electrons. The van der Waals surface area contributed by atoms with Crippen molar-refractivity contribution in [3.63, 3.8) is 0 Å². The average molecular weight is 259 g/mol. The topological polar surface area (TPSA) is 46.2 Å². The maximum Gasteiger partial charge on any atom is 0.221 e. The molecule has 0 saturated heterocycles. The number of benzene rings is 1. The molecule has 0 saturated carbocycles. The number of amides is 1. The lowest BCUT2D eigenvalue weighted by molar-refractivity contribution is -0.114. The fourth-order valence-electron chi connectivity index (χ4n) is 1.66. The summed E-state index contributed by atoms with van der Waals surface area (Å²) in [6.45, 7) is 3.38. The zero-order valence-electron chi connectivity index (χ0n) is 10.2. The Morgan fingerprint density at radius 3 is 2.28 bits per heavy atom. The number of thiophene rings is 1. The molecule has 0 radical (unpaired) electrons. The SMILES string of the molecule is CC(=O)Nc1ccc(C(=O)c2cscc2C)cc1. The van der Waals surface area contributed by atoms with Crippen molar-refractivity contribution >= 4 is 28.7 Å². The van der Waals surface area contributed by atoms with Gasteiger partial charge in [-0.25, -0.2) is 0 Å². The van der Waals surface area contributed by atoms with Gasteiger partial charge in [-0.05, 0) is 42.1 Å². The van der Waals surface area contributed by atoms with Crippen LogP contribution in [-0.4, -0.2) is 11.7 Å². The van der Waals surface area contributed by atoms with Crippen LogP contribution < -0.4 is 5.32 Å². The van der Waals surface area contributed by atoms with Crippen LogP contribution in [0.3, 0.4) is 0 Å². The quantitative estimate of drug-likeness (QED) is 0.860. The van der Waals surface area contributed by atoms with Gasteiger partial charge < -0.3 is 5.32 Å². The van der Waals surface area contributed by atoms with Crippen LogP contribution in [0, 0.1) is 6.92 Å². The maximum absolute atomic E-state index is 12.2. The molecule has 1 aromatic carbocycles. The fraction of sp³-hybridized carbons (Fsp3) is 0.143. The predicted molar refractivity (Wildman–Crippen MR) is 73.2 cm³/mol. The first kappa shape index (κ1) is 12.5. The predicted octanol–water partition coefficient (Wildman–Crippen LogP) is 3.25. The zero-order chi connectivity index (χ0) is 13.1. The van der Waals surface area contributed by atoms with Crippen molar-refractivity contribution in [2.75, 3.05) is 5.32 Å². The molecule has 0 unspecified atom stereocenters. The van der Waals surface area contributed by atoms with E-state index in [-0.39, 0.29) is 11.7 Å². The third-order valence-corrected chi connectivity index (χ3v) is 3.43. The van der Waals surface area contributed by atoms with Crippen LogP contribution in [0.15, 0.2) is 35.0 Å². The van der Waals surface area contributed by atoms with Crippen LogP contribution in [0.4, 0.5) is 5.69 Å². The van der Waals surface area contributed by atoms with Gasteiger partial charge in [0.25, 0.3) is 0 Å². The van der Waals surface area contributed by atoms with E-state index in [4.69, 9.17) is 0 Å². The van der Waals surface area contributed by atoms with Gasteiger partial charge >= 0.3 is 0 Å². The first-order chi connectivity index (χ1) is 8.58. The minimum atomic E-state index is -0.122. The van der Waals surface area contributed by atoms with E-state index < -0.39 is 0 Å². The largest absolute Gasteiger partial charge is 0.326 e. The highest BCUT2D eigenvalue weighted by molar-refractivity contribution is 7.08. The van der Waals surface area contributed by atoms with Crippen molar-refractivity contribution in [1.29, 1.82) is 0 Å². The summed E-state index contributed by atoms with van der Waals surface area (Å²) in [5.41, 5.74) is 3.06. The highest BCUT2D eigenvalue weighted by Crippen LogP contribution is 2.19. The van der Waals surface area contributed by atoms with Crippen LogP contribution >= 0.6 is 11.3 Å². The van der Waals surface area contributed by atoms with E-state index in [0.717, 1.165) is 11.1 Å². The Labute approximate surface area is 109 Å². The van der Waals surface area contributed by atoms with Gasteiger partial charge in [0.2, 0.25) is 5.91 Å². The van der Waals surface area contributed by atoms with E-state index in [1.165, 1.54) is 18.3 Å². The molecule has 1 aromatic heterocycles. The molecular formula is C14H13NO2S. The number of rotatable bonds is 3. The fourth-order valence-corrected chi connectivity index (χ4v) is 2.48. The number of aryl methyl sites for hydroxylation is 1. The molecule has 1 heterocycles. The van der Waals surface area contributed by atoms with Gasteiger partial charge in [0, 0.05) is 29.1 Å². The molecule has 0 aliphatic heterocycles. The van der Waals surface area contributed by atoms with Gasteiger partial charge in [0.15, 0.2) is 5.78 Å². The minimum Gasteiger partial charge on any atom is -0.326 e. The molecular weight excluding hydrogens is 246 g/mol. The lowest BCUT2D eigenvalue weighted by Crippen LogP contribution is -2.06. The molecule has 4 heteroatoms. The number of nitrogens with one attached hydrogen (secondary N) is 1. The number of carbonyl (C=O) groups is 2. The van der Waals surface area contributed by atoms with Crippen molar-refractivity contribution in [3.8, 4) is 0 Å². The normalized spacial score (nSPS) is 10.1. The molecule has 0 aliphatic carbocycles. The monoisotopic (exact) mass is 259 g/mol. The first-order valence-corrected chi connectivity index (χ1v) is 6.47. The number of carbonyl (C=O) groups excluding carboxylic acids is 2. The third-order valence-electron chi connectivity index (χ3n) is 2.57. The molecule has 1 N–H and O–H groups in total. The molecule has 0 bridgehead atoms. The molecule has 0 aliphatic rings. The third kappa shape index (κ3) is 2.65. The van der Waals surface area contributed by atoms with E-state index in [2.05, 4.69) is 5.32 Å². The Morgan fingerprint density at radius 2 is 1.78 bits per heavy atom. The number of ketones is 1. The Hall–Kier alpha value is -1.94. The summed E-state index contributed by atoms with van der Waals surface area (Å²) in [6, 6.07) is 6.92. The van der Waals surface area contributed by atoms with Crippen molar-refractivity contribution in [1.82, 2.24) is 0 Å². The van der Waals surface area contributed by atoms with Crippen LogP contribution in [0.25, 0.3) is 0 Å². The van der Waals surface area contributed by atoms with Gasteiger partial charge in [-0.2, -0.15) is 11.3 Å². The molecule has 18 heavy (non-hydrogen) atoms. The number of hydrogen-bond acceptors (Lipinski definition) is 3. The lowest BCUT2D eigenvalue weighted by Gasteiger charge is -2.04. The van der Waals surface area contributed by atoms with Gasteiger partial charge in [0.05, 0.1) is 0 Å². The average Bonchev–Trinajstić information content (AvgIpc) is 2.75. The maximum atomic E-state index is 12.2. The Bertz CT molecular complexity index is 584. The van der Waals surface area contributed by atoms with Crippen molar-refractivity contribution in [2.24, 2.45) is 0 Å². The van der Waals surface area contributed by atoms with Crippen LogP contribution in [0.1, 0.15) is 28.4 Å². The number of hydrogen-bond donors (Lipinski definition) is 1. The molecule has 2 aromatic rings. The standard InChI is InChI=1S/C14H13NO2S/c1-9-7-18-8-13(9)14(17)11-3-5-12(6-4-11)15-10(2)16/h3-8H,1-2H3,(H,15,16). The highest BCUT2D eigenvalue weighted by atomic mass is 32.1. The van der Waals surface area contributed by atoms with E-state index in [9.17, 15) is 9.59 Å². The summed E-state index contributed by atoms with van der Waals surface area (Å²) in [4.78, 5) is 23.1. The zero-order valence-corrected chi connectivity index (χ0v) is 11.0. The van der Waals surface area contributed by atoms with Crippen LogP contribution in [0.2, 0.25) is 0 Å². The second-order valence-corrected chi connectivity index (χ2v) is 4.80. The highest BCUT2D eigenvalue weighted by Gasteiger charge is 2.12. The van der Waals surface area contributed by atoms with Crippen molar-refractivity contribution < 1.29 is 9.59 Å². The van der Waals surface area contributed by atoms with Gasteiger partial charge in [-0.1, -0.05) is 0 Å². The van der Waals surface area contributed by atoms with E-state index >= 15 is 0 Å². The Morgan fingerprint density at radius 1 is 1.11 bits per heavy atom. The molecule has 0 fully saturated rings. The summed E-state index contributed by atoms with van der Waals surface area (Å²) >= 11 is 1.52. The summed E-state index contributed by atoms with van der Waals surface area (Å²) in [5.74, 6) is -0.106. The Balaban J connectivity index is 2.22. The second kappa shape index (κ2) is 5.14. The Kier molecular flexibility index (Phi) is 3.58. The summed E-state index contributed by atoms with van der Waals surface area (Å²) < 4.78 is 0. The minimum absolute atomic E-state index is 0.0168. The number of anilines is 1. The molecule has 2 rings (SSSR count). The van der Waals surface area contributed by atoms with Crippen molar-refractivity contribution in [3.05, 3.63) is 51.7 Å². The smallest absolute Gasteiger partial charge is 0.221 e. The summed E-state index contributed by atoms with van der Waals surface area (Å²) in [5, 5.41) is 6.49. The summed E-state index contributed by atoms with van der Waals surface area (Å²) in [6.07, 6.45) is 0. The van der Waals surface area contributed by atoms with Crippen molar-refractivity contribution in [2.45, 2.75) is 13.8 Å². The summed E-state index contributed by atoms with van der Waals surface area (Å²) in [7, 11) is 0. The molecule has 1 amide bonds. The lowest BCUT2D eigenvalue weighted by atomic mass is 10.0. The van der Waals surface area contributed by atoms with Gasteiger partial charge in [-0.15, -0.1) is 0 Å². The molecule has 3 nitrogen and oxygen atoms in total. The van der Waals surface area contributed by atoms with Gasteiger partial charge in [0.1, 0.15) is 0 Å². The van der Waals surface area contributed by atoms with E-state index in [0.29, 0.717) is 11.3 Å². The second-order valence-electron chi connectivity index (χ2n) is 4.06. The van der Waals surface area contributed by atoms with Crippen LogP contribution in [-0.2, 0) is 4.79 Å². The van der Waals surface area contributed by atoms with E-state index in [1.807, 2.05) is 17.7 Å². The van der Waals surface area contributed by atoms with Gasteiger partial charge in [-0.3, -0.25) is 9.59 Å².